The lowest BCUT2D eigenvalue weighted by molar-refractivity contribution is 0.623. The first-order valence-electron chi connectivity index (χ1n) is 4.59. The Kier molecular flexibility index (Phi) is 2.73. The lowest BCUT2D eigenvalue weighted by atomic mass is 10.2. The van der Waals surface area contributed by atoms with E-state index in [1.807, 2.05) is 17.7 Å². The SMILES string of the molecule is Cc1ccnn1Cc1ccc(F)cc1Cl. The molecule has 0 aliphatic rings. The first kappa shape index (κ1) is 10.2. The molecule has 1 aromatic heterocycles. The zero-order valence-electron chi connectivity index (χ0n) is 8.24. The van der Waals surface area contributed by atoms with Crippen LogP contribution in [0, 0.1) is 12.7 Å². The number of halogens is 2. The molecule has 0 N–H and O–H groups in total. The highest BCUT2D eigenvalue weighted by atomic mass is 35.5. The van der Waals surface area contributed by atoms with Crippen LogP contribution in [-0.2, 0) is 6.54 Å². The molecule has 0 fully saturated rings. The third kappa shape index (κ3) is 2.18. The van der Waals surface area contributed by atoms with E-state index in [1.165, 1.54) is 12.1 Å². The average molecular weight is 225 g/mol. The fourth-order valence-corrected chi connectivity index (χ4v) is 1.60. The highest BCUT2D eigenvalue weighted by Gasteiger charge is 2.04. The zero-order chi connectivity index (χ0) is 10.8. The highest BCUT2D eigenvalue weighted by molar-refractivity contribution is 6.31. The van der Waals surface area contributed by atoms with E-state index in [2.05, 4.69) is 5.10 Å². The van der Waals surface area contributed by atoms with Crippen molar-refractivity contribution in [1.29, 1.82) is 0 Å². The second-order valence-corrected chi connectivity index (χ2v) is 3.77. The predicted octanol–water partition coefficient (Wildman–Crippen LogP) is 3.03. The summed E-state index contributed by atoms with van der Waals surface area (Å²) < 4.78 is 14.6. The summed E-state index contributed by atoms with van der Waals surface area (Å²) in [5, 5.41) is 4.57. The molecule has 0 spiro atoms. The van der Waals surface area contributed by atoms with E-state index in [9.17, 15) is 4.39 Å². The average Bonchev–Trinajstić information content (AvgIpc) is 2.57. The third-order valence-corrected chi connectivity index (χ3v) is 2.62. The monoisotopic (exact) mass is 224 g/mol. The molecule has 2 aromatic rings. The maximum atomic E-state index is 12.8. The van der Waals surface area contributed by atoms with E-state index in [-0.39, 0.29) is 5.82 Å². The Morgan fingerprint density at radius 3 is 2.80 bits per heavy atom. The summed E-state index contributed by atoms with van der Waals surface area (Å²) in [5.74, 6) is -0.319. The van der Waals surface area contributed by atoms with Crippen molar-refractivity contribution < 1.29 is 4.39 Å². The Labute approximate surface area is 92.3 Å². The molecule has 0 amide bonds. The molecule has 1 heterocycles. The number of aryl methyl sites for hydroxylation is 1. The van der Waals surface area contributed by atoms with Crippen molar-refractivity contribution in [2.45, 2.75) is 13.5 Å². The fraction of sp³-hybridized carbons (Fsp3) is 0.182. The van der Waals surface area contributed by atoms with E-state index in [4.69, 9.17) is 11.6 Å². The van der Waals surface area contributed by atoms with E-state index in [1.54, 1.807) is 12.3 Å². The van der Waals surface area contributed by atoms with Gasteiger partial charge < -0.3 is 0 Å². The molecule has 0 radical (unpaired) electrons. The van der Waals surface area contributed by atoms with Gasteiger partial charge in [0.15, 0.2) is 0 Å². The topological polar surface area (TPSA) is 17.8 Å². The van der Waals surface area contributed by atoms with Gasteiger partial charge in [-0.15, -0.1) is 0 Å². The van der Waals surface area contributed by atoms with E-state index in [0.717, 1.165) is 11.3 Å². The van der Waals surface area contributed by atoms with Crippen LogP contribution >= 0.6 is 11.6 Å². The van der Waals surface area contributed by atoms with Gasteiger partial charge in [0.2, 0.25) is 0 Å². The number of hydrogen-bond donors (Lipinski definition) is 0. The van der Waals surface area contributed by atoms with Gasteiger partial charge in [-0.25, -0.2) is 4.39 Å². The molecule has 0 saturated heterocycles. The van der Waals surface area contributed by atoms with Crippen LogP contribution in [0.2, 0.25) is 5.02 Å². The third-order valence-electron chi connectivity index (χ3n) is 2.26. The smallest absolute Gasteiger partial charge is 0.124 e. The minimum atomic E-state index is -0.319. The van der Waals surface area contributed by atoms with Crippen molar-refractivity contribution in [3.8, 4) is 0 Å². The molecular weight excluding hydrogens is 215 g/mol. The molecule has 4 heteroatoms. The number of benzene rings is 1. The van der Waals surface area contributed by atoms with Gasteiger partial charge in [0.1, 0.15) is 5.82 Å². The summed E-state index contributed by atoms with van der Waals surface area (Å²) >= 11 is 5.92. The van der Waals surface area contributed by atoms with Crippen LogP contribution in [0.4, 0.5) is 4.39 Å². The molecule has 2 rings (SSSR count). The molecule has 0 aliphatic heterocycles. The lowest BCUT2D eigenvalue weighted by Crippen LogP contribution is -2.04. The van der Waals surface area contributed by atoms with Crippen LogP contribution in [0.5, 0.6) is 0 Å². The van der Waals surface area contributed by atoms with Crippen LogP contribution in [0.15, 0.2) is 30.5 Å². The first-order chi connectivity index (χ1) is 7.16. The van der Waals surface area contributed by atoms with Crippen molar-refractivity contribution in [3.05, 3.63) is 52.6 Å². The second kappa shape index (κ2) is 4.03. The molecule has 15 heavy (non-hydrogen) atoms. The van der Waals surface area contributed by atoms with Crippen molar-refractivity contribution in [3.63, 3.8) is 0 Å². The molecular formula is C11H10ClFN2. The van der Waals surface area contributed by atoms with Crippen LogP contribution in [0.1, 0.15) is 11.3 Å². The van der Waals surface area contributed by atoms with Gasteiger partial charge in [0.25, 0.3) is 0 Å². The maximum absolute atomic E-state index is 12.8. The molecule has 0 bridgehead atoms. The van der Waals surface area contributed by atoms with Gasteiger partial charge in [-0.1, -0.05) is 17.7 Å². The number of nitrogens with zero attached hydrogens (tertiary/aromatic N) is 2. The van der Waals surface area contributed by atoms with Gasteiger partial charge in [-0.3, -0.25) is 4.68 Å². The molecule has 78 valence electrons. The van der Waals surface area contributed by atoms with Crippen LogP contribution in [0.3, 0.4) is 0 Å². The summed E-state index contributed by atoms with van der Waals surface area (Å²) in [6.45, 7) is 2.53. The zero-order valence-corrected chi connectivity index (χ0v) is 9.00. The molecule has 0 saturated carbocycles. The standard InChI is InChI=1S/C11H10ClFN2/c1-8-4-5-14-15(8)7-9-2-3-10(13)6-11(9)12/h2-6H,7H2,1H3. The summed E-state index contributed by atoms with van der Waals surface area (Å²) in [7, 11) is 0. The van der Waals surface area contributed by atoms with Gasteiger partial charge in [-0.2, -0.15) is 5.10 Å². The summed E-state index contributed by atoms with van der Waals surface area (Å²) in [6.07, 6.45) is 1.73. The van der Waals surface area contributed by atoms with Crippen molar-refractivity contribution in [2.24, 2.45) is 0 Å². The Hall–Kier alpha value is -1.35. The summed E-state index contributed by atoms with van der Waals surface area (Å²) in [6, 6.07) is 6.31. The summed E-state index contributed by atoms with van der Waals surface area (Å²) in [5.41, 5.74) is 1.92. The predicted molar refractivity (Wildman–Crippen MR) is 57.5 cm³/mol. The minimum absolute atomic E-state index is 0.319. The van der Waals surface area contributed by atoms with Crippen molar-refractivity contribution in [1.82, 2.24) is 9.78 Å². The molecule has 0 aliphatic carbocycles. The fourth-order valence-electron chi connectivity index (χ4n) is 1.38. The largest absolute Gasteiger partial charge is 0.265 e. The molecule has 1 aromatic carbocycles. The van der Waals surface area contributed by atoms with Gasteiger partial charge in [-0.05, 0) is 30.7 Å². The Balaban J connectivity index is 2.29. The highest BCUT2D eigenvalue weighted by Crippen LogP contribution is 2.18. The molecule has 2 nitrogen and oxygen atoms in total. The number of aromatic nitrogens is 2. The van der Waals surface area contributed by atoms with E-state index < -0.39 is 0 Å². The number of rotatable bonds is 2. The van der Waals surface area contributed by atoms with Crippen molar-refractivity contribution >= 4 is 11.6 Å². The van der Waals surface area contributed by atoms with Gasteiger partial charge in [0, 0.05) is 16.9 Å². The molecule has 0 unspecified atom stereocenters. The Morgan fingerprint density at radius 1 is 1.40 bits per heavy atom. The molecule has 0 atom stereocenters. The quantitative estimate of drug-likeness (QED) is 0.767. The normalized spacial score (nSPS) is 10.6. The van der Waals surface area contributed by atoms with Crippen LogP contribution in [-0.4, -0.2) is 9.78 Å². The second-order valence-electron chi connectivity index (χ2n) is 3.37. The van der Waals surface area contributed by atoms with Crippen LogP contribution < -0.4 is 0 Å². The Morgan fingerprint density at radius 2 is 2.20 bits per heavy atom. The van der Waals surface area contributed by atoms with Crippen LogP contribution in [0.25, 0.3) is 0 Å². The lowest BCUT2D eigenvalue weighted by Gasteiger charge is -2.06. The van der Waals surface area contributed by atoms with E-state index in [0.29, 0.717) is 11.6 Å². The first-order valence-corrected chi connectivity index (χ1v) is 4.97. The van der Waals surface area contributed by atoms with E-state index >= 15 is 0 Å². The summed E-state index contributed by atoms with van der Waals surface area (Å²) in [4.78, 5) is 0. The van der Waals surface area contributed by atoms with Gasteiger partial charge >= 0.3 is 0 Å². The maximum Gasteiger partial charge on any atom is 0.124 e. The number of hydrogen-bond acceptors (Lipinski definition) is 1. The van der Waals surface area contributed by atoms with Crippen molar-refractivity contribution in [2.75, 3.05) is 0 Å². The minimum Gasteiger partial charge on any atom is -0.265 e. The Bertz CT molecular complexity index is 479. The van der Waals surface area contributed by atoms with Gasteiger partial charge in [0.05, 0.1) is 6.54 Å².